The monoisotopic (exact) mass is 299 g/mol. The van der Waals surface area contributed by atoms with Crippen LogP contribution < -0.4 is 15.8 Å². The van der Waals surface area contributed by atoms with E-state index in [0.717, 1.165) is 6.54 Å². The van der Waals surface area contributed by atoms with Crippen molar-refractivity contribution < 1.29 is 8.42 Å². The molecule has 0 amide bonds. The normalized spacial score (nSPS) is 12.7. The maximum Gasteiger partial charge on any atom is 0.240 e. The Hall–Kier alpha value is -1.27. The van der Waals surface area contributed by atoms with E-state index >= 15 is 0 Å². The van der Waals surface area contributed by atoms with Crippen molar-refractivity contribution in [1.29, 1.82) is 0 Å². The average Bonchev–Trinajstić information content (AvgIpc) is 2.37. The standard InChI is InChI=1S/C14H25N3O2S/c1-10(2)14(3,4)9-17-13-8-11(6-7-12(13)15)20(18,19)16-5/h6-8,10,16-17H,9,15H2,1-5H3. The van der Waals surface area contributed by atoms with Gasteiger partial charge in [0.05, 0.1) is 16.3 Å². The number of rotatable bonds is 6. The molecule has 0 fully saturated rings. The molecule has 0 radical (unpaired) electrons. The van der Waals surface area contributed by atoms with Crippen molar-refractivity contribution in [1.82, 2.24) is 4.72 Å². The zero-order valence-electron chi connectivity index (χ0n) is 12.8. The molecule has 0 spiro atoms. The maximum atomic E-state index is 11.8. The van der Waals surface area contributed by atoms with Crippen molar-refractivity contribution in [3.8, 4) is 0 Å². The van der Waals surface area contributed by atoms with Crippen LogP contribution in [-0.2, 0) is 10.0 Å². The Bertz CT molecular complexity index is 566. The summed E-state index contributed by atoms with van der Waals surface area (Å²) in [6.07, 6.45) is 0. The van der Waals surface area contributed by atoms with E-state index in [4.69, 9.17) is 5.73 Å². The van der Waals surface area contributed by atoms with Gasteiger partial charge in [0.15, 0.2) is 0 Å². The number of benzene rings is 1. The van der Waals surface area contributed by atoms with Crippen LogP contribution in [0.5, 0.6) is 0 Å². The van der Waals surface area contributed by atoms with Crippen molar-refractivity contribution in [3.05, 3.63) is 18.2 Å². The Morgan fingerprint density at radius 3 is 2.40 bits per heavy atom. The number of nitrogens with one attached hydrogen (secondary N) is 2. The Morgan fingerprint density at radius 1 is 1.30 bits per heavy atom. The molecule has 0 aliphatic heterocycles. The van der Waals surface area contributed by atoms with E-state index in [1.54, 1.807) is 12.1 Å². The Balaban J connectivity index is 3.00. The second-order valence-corrected chi connectivity index (χ2v) is 7.84. The van der Waals surface area contributed by atoms with Crippen LogP contribution in [0.25, 0.3) is 0 Å². The highest BCUT2D eigenvalue weighted by Gasteiger charge is 2.22. The third-order valence-electron chi connectivity index (χ3n) is 3.90. The second-order valence-electron chi connectivity index (χ2n) is 5.95. The molecule has 114 valence electrons. The fraction of sp³-hybridized carbons (Fsp3) is 0.571. The minimum absolute atomic E-state index is 0.0876. The first-order valence-corrected chi connectivity index (χ1v) is 8.15. The van der Waals surface area contributed by atoms with Crippen molar-refractivity contribution in [2.45, 2.75) is 32.6 Å². The molecule has 0 atom stereocenters. The maximum absolute atomic E-state index is 11.8. The molecule has 20 heavy (non-hydrogen) atoms. The molecule has 0 bridgehead atoms. The van der Waals surface area contributed by atoms with E-state index in [1.165, 1.54) is 13.1 Å². The summed E-state index contributed by atoms with van der Waals surface area (Å²) in [5.41, 5.74) is 7.18. The van der Waals surface area contributed by atoms with Gasteiger partial charge in [0.1, 0.15) is 0 Å². The van der Waals surface area contributed by atoms with Crippen LogP contribution in [0.2, 0.25) is 0 Å². The molecule has 0 heterocycles. The van der Waals surface area contributed by atoms with Crippen LogP contribution in [-0.4, -0.2) is 22.0 Å². The first-order valence-electron chi connectivity index (χ1n) is 6.67. The molecule has 5 nitrogen and oxygen atoms in total. The molecule has 0 aromatic heterocycles. The largest absolute Gasteiger partial charge is 0.397 e. The molecular formula is C14H25N3O2S. The number of hydrogen-bond acceptors (Lipinski definition) is 4. The van der Waals surface area contributed by atoms with Crippen LogP contribution >= 0.6 is 0 Å². The average molecular weight is 299 g/mol. The van der Waals surface area contributed by atoms with Crippen LogP contribution in [0.4, 0.5) is 11.4 Å². The zero-order valence-corrected chi connectivity index (χ0v) is 13.6. The minimum atomic E-state index is -3.45. The van der Waals surface area contributed by atoms with Crippen molar-refractivity contribution in [3.63, 3.8) is 0 Å². The van der Waals surface area contributed by atoms with Gasteiger partial charge >= 0.3 is 0 Å². The van der Waals surface area contributed by atoms with Crippen LogP contribution in [0.3, 0.4) is 0 Å². The quantitative estimate of drug-likeness (QED) is 0.704. The highest BCUT2D eigenvalue weighted by molar-refractivity contribution is 7.89. The Morgan fingerprint density at radius 2 is 1.90 bits per heavy atom. The summed E-state index contributed by atoms with van der Waals surface area (Å²) in [7, 11) is -2.06. The molecule has 4 N–H and O–H groups in total. The molecule has 0 aliphatic carbocycles. The number of hydrogen-bond donors (Lipinski definition) is 3. The summed E-state index contributed by atoms with van der Waals surface area (Å²) in [6.45, 7) is 9.36. The predicted molar refractivity (Wildman–Crippen MR) is 84.2 cm³/mol. The zero-order chi connectivity index (χ0) is 15.6. The van der Waals surface area contributed by atoms with E-state index in [1.807, 2.05) is 0 Å². The van der Waals surface area contributed by atoms with E-state index in [0.29, 0.717) is 17.3 Å². The van der Waals surface area contributed by atoms with Crippen LogP contribution in [0.15, 0.2) is 23.1 Å². The van der Waals surface area contributed by atoms with Gasteiger partial charge in [-0.25, -0.2) is 13.1 Å². The third kappa shape index (κ3) is 3.86. The van der Waals surface area contributed by atoms with E-state index in [9.17, 15) is 8.42 Å². The smallest absolute Gasteiger partial charge is 0.240 e. The van der Waals surface area contributed by atoms with Crippen LogP contribution in [0, 0.1) is 11.3 Å². The lowest BCUT2D eigenvalue weighted by molar-refractivity contribution is 0.270. The van der Waals surface area contributed by atoms with Gasteiger partial charge in [-0.3, -0.25) is 0 Å². The Kier molecular flexibility index (Phi) is 5.05. The topological polar surface area (TPSA) is 84.2 Å². The molecule has 0 saturated heterocycles. The first-order chi connectivity index (χ1) is 9.10. The SMILES string of the molecule is CNS(=O)(=O)c1ccc(N)c(NCC(C)(C)C(C)C)c1. The molecule has 1 rings (SSSR count). The van der Waals surface area contributed by atoms with E-state index in [2.05, 4.69) is 37.7 Å². The lowest BCUT2D eigenvalue weighted by atomic mass is 9.81. The van der Waals surface area contributed by atoms with Crippen molar-refractivity contribution in [2.75, 3.05) is 24.6 Å². The summed E-state index contributed by atoms with van der Waals surface area (Å²) >= 11 is 0. The molecule has 1 aromatic rings. The van der Waals surface area contributed by atoms with Gasteiger partial charge in [0, 0.05) is 6.54 Å². The molecular weight excluding hydrogens is 274 g/mol. The van der Waals surface area contributed by atoms with Gasteiger partial charge < -0.3 is 11.1 Å². The summed E-state index contributed by atoms with van der Waals surface area (Å²) in [4.78, 5) is 0.207. The highest BCUT2D eigenvalue weighted by atomic mass is 32.2. The molecule has 0 aliphatic rings. The lowest BCUT2D eigenvalue weighted by Crippen LogP contribution is -2.29. The molecule has 0 saturated carbocycles. The predicted octanol–water partition coefficient (Wildman–Crippen LogP) is 2.27. The number of nitrogens with two attached hydrogens (primary N) is 1. The van der Waals surface area contributed by atoms with Gasteiger partial charge in [-0.1, -0.05) is 27.7 Å². The number of anilines is 2. The molecule has 6 heteroatoms. The summed E-state index contributed by atoms with van der Waals surface area (Å²) in [5, 5.41) is 3.25. The van der Waals surface area contributed by atoms with E-state index in [-0.39, 0.29) is 10.3 Å². The van der Waals surface area contributed by atoms with Gasteiger partial charge in [0.2, 0.25) is 10.0 Å². The highest BCUT2D eigenvalue weighted by Crippen LogP contribution is 2.29. The fourth-order valence-electron chi connectivity index (χ4n) is 1.50. The van der Waals surface area contributed by atoms with Gasteiger partial charge in [0.25, 0.3) is 0 Å². The number of sulfonamides is 1. The van der Waals surface area contributed by atoms with Crippen LogP contribution in [0.1, 0.15) is 27.7 Å². The van der Waals surface area contributed by atoms with Gasteiger partial charge in [-0.2, -0.15) is 0 Å². The summed E-state index contributed by atoms with van der Waals surface area (Å²) < 4.78 is 25.9. The fourth-order valence-corrected chi connectivity index (χ4v) is 2.26. The summed E-state index contributed by atoms with van der Waals surface area (Å²) in [6, 6.07) is 4.67. The van der Waals surface area contributed by atoms with Gasteiger partial charge in [-0.15, -0.1) is 0 Å². The van der Waals surface area contributed by atoms with Crippen molar-refractivity contribution >= 4 is 21.4 Å². The molecule has 0 unspecified atom stereocenters. The van der Waals surface area contributed by atoms with E-state index < -0.39 is 10.0 Å². The molecule has 1 aromatic carbocycles. The first kappa shape index (κ1) is 16.8. The third-order valence-corrected chi connectivity index (χ3v) is 5.31. The summed E-state index contributed by atoms with van der Waals surface area (Å²) in [5.74, 6) is 0.500. The minimum Gasteiger partial charge on any atom is -0.397 e. The van der Waals surface area contributed by atoms with Gasteiger partial charge in [-0.05, 0) is 36.6 Å². The lowest BCUT2D eigenvalue weighted by Gasteiger charge is -2.30. The number of nitrogen functional groups attached to an aromatic ring is 1. The Labute approximate surface area is 122 Å². The van der Waals surface area contributed by atoms with Crippen molar-refractivity contribution in [2.24, 2.45) is 11.3 Å². The second kappa shape index (κ2) is 6.01.